The molecule has 168 valence electrons. The number of carbonyl (C=O) groups is 1. The van der Waals surface area contributed by atoms with Gasteiger partial charge in [0.05, 0.1) is 18.1 Å². The molecule has 4 aromatic rings. The molecule has 0 radical (unpaired) electrons. The van der Waals surface area contributed by atoms with Crippen molar-refractivity contribution < 1.29 is 14.3 Å². The van der Waals surface area contributed by atoms with Crippen molar-refractivity contribution in [1.29, 1.82) is 0 Å². The molecule has 33 heavy (non-hydrogen) atoms. The fraction of sp³-hybridized carbons (Fsp3) is 0.120. The van der Waals surface area contributed by atoms with Gasteiger partial charge in [0.2, 0.25) is 0 Å². The smallest absolute Gasteiger partial charge is 0.256 e. The van der Waals surface area contributed by atoms with Gasteiger partial charge in [-0.25, -0.2) is 0 Å². The number of halogens is 2. The second-order valence-electron chi connectivity index (χ2n) is 7.26. The van der Waals surface area contributed by atoms with E-state index in [9.17, 15) is 4.79 Å². The van der Waals surface area contributed by atoms with Crippen LogP contribution in [-0.4, -0.2) is 22.8 Å². The molecule has 1 N–H and O–H groups in total. The van der Waals surface area contributed by atoms with E-state index in [0.29, 0.717) is 34.0 Å². The molecule has 6 nitrogen and oxygen atoms in total. The van der Waals surface area contributed by atoms with Crippen LogP contribution in [0.3, 0.4) is 0 Å². The first kappa shape index (κ1) is 22.9. The molecule has 0 saturated carbocycles. The maximum Gasteiger partial charge on any atom is 0.256 e. The Bertz CT molecular complexity index is 1220. The van der Waals surface area contributed by atoms with Crippen LogP contribution >= 0.6 is 27.5 Å². The molecule has 3 aromatic carbocycles. The Hall–Kier alpha value is -3.29. The molecular weight excluding hydrogens is 506 g/mol. The molecule has 0 atom stereocenters. The normalized spacial score (nSPS) is 10.6. The second kappa shape index (κ2) is 10.6. The van der Waals surface area contributed by atoms with Crippen molar-refractivity contribution in [1.82, 2.24) is 9.78 Å². The highest BCUT2D eigenvalue weighted by atomic mass is 79.9. The molecule has 0 spiro atoms. The average molecular weight is 527 g/mol. The Morgan fingerprint density at radius 3 is 2.27 bits per heavy atom. The van der Waals surface area contributed by atoms with E-state index in [-0.39, 0.29) is 5.91 Å². The zero-order valence-electron chi connectivity index (χ0n) is 17.8. The summed E-state index contributed by atoms with van der Waals surface area (Å²) < 4.78 is 13.4. The minimum absolute atomic E-state index is 0.241. The highest BCUT2D eigenvalue weighted by Crippen LogP contribution is 2.22. The summed E-state index contributed by atoms with van der Waals surface area (Å²) in [6.07, 6.45) is 1.82. The molecule has 0 bridgehead atoms. The lowest BCUT2D eigenvalue weighted by atomic mass is 10.1. The van der Waals surface area contributed by atoms with E-state index in [4.69, 9.17) is 21.1 Å². The summed E-state index contributed by atoms with van der Waals surface area (Å²) in [7, 11) is 1.62. The van der Waals surface area contributed by atoms with Gasteiger partial charge in [0, 0.05) is 16.8 Å². The fourth-order valence-electron chi connectivity index (χ4n) is 3.11. The number of anilines is 1. The number of carbonyl (C=O) groups excluding carboxylic acids is 1. The third kappa shape index (κ3) is 6.15. The van der Waals surface area contributed by atoms with Gasteiger partial charge >= 0.3 is 0 Å². The van der Waals surface area contributed by atoms with Gasteiger partial charge in [0.1, 0.15) is 18.1 Å². The van der Waals surface area contributed by atoms with Crippen LogP contribution in [0.2, 0.25) is 5.02 Å². The third-order valence-corrected chi connectivity index (χ3v) is 5.72. The van der Waals surface area contributed by atoms with Crippen molar-refractivity contribution in [3.8, 4) is 11.5 Å². The summed E-state index contributed by atoms with van der Waals surface area (Å²) in [6.45, 7) is 0.962. The van der Waals surface area contributed by atoms with Gasteiger partial charge in [-0.1, -0.05) is 35.9 Å². The van der Waals surface area contributed by atoms with E-state index < -0.39 is 0 Å². The molecule has 0 aliphatic rings. The molecule has 1 heterocycles. The minimum Gasteiger partial charge on any atom is -0.497 e. The Morgan fingerprint density at radius 2 is 1.61 bits per heavy atom. The number of benzene rings is 3. The average Bonchev–Trinajstić information content (AvgIpc) is 3.18. The first-order valence-electron chi connectivity index (χ1n) is 10.1. The van der Waals surface area contributed by atoms with Gasteiger partial charge in [-0.05, 0) is 75.6 Å². The number of methoxy groups -OCH3 is 1. The van der Waals surface area contributed by atoms with Crippen molar-refractivity contribution in [2.45, 2.75) is 13.2 Å². The Balaban J connectivity index is 1.34. The minimum atomic E-state index is -0.241. The van der Waals surface area contributed by atoms with E-state index in [1.165, 1.54) is 0 Å². The lowest BCUT2D eigenvalue weighted by molar-refractivity contribution is 0.102. The van der Waals surface area contributed by atoms with Crippen LogP contribution < -0.4 is 14.8 Å². The van der Waals surface area contributed by atoms with Crippen molar-refractivity contribution in [2.24, 2.45) is 0 Å². The highest BCUT2D eigenvalue weighted by Gasteiger charge is 2.12. The molecule has 0 aliphatic carbocycles. The van der Waals surface area contributed by atoms with Gasteiger partial charge in [0.25, 0.3) is 5.91 Å². The molecule has 0 fully saturated rings. The van der Waals surface area contributed by atoms with E-state index in [1.807, 2.05) is 66.9 Å². The number of aromatic nitrogens is 2. The van der Waals surface area contributed by atoms with Gasteiger partial charge in [-0.15, -0.1) is 0 Å². The largest absolute Gasteiger partial charge is 0.497 e. The predicted octanol–water partition coefficient (Wildman–Crippen LogP) is 6.19. The SMILES string of the molecule is COc1ccc(OCc2ccc(C(=O)Nc3nn(Cc4ccc(Cl)cc4)cc3Br)cc2)cc1. The molecule has 8 heteroatoms. The van der Waals surface area contributed by atoms with Crippen LogP contribution in [-0.2, 0) is 13.2 Å². The Labute approximate surface area is 205 Å². The van der Waals surface area contributed by atoms with Gasteiger partial charge in [-0.2, -0.15) is 5.10 Å². The number of nitrogens with one attached hydrogen (secondary N) is 1. The van der Waals surface area contributed by atoms with Crippen LogP contribution in [0, 0.1) is 0 Å². The third-order valence-electron chi connectivity index (χ3n) is 4.89. The quantitative estimate of drug-likeness (QED) is 0.297. The summed E-state index contributed by atoms with van der Waals surface area (Å²) in [4.78, 5) is 12.7. The van der Waals surface area contributed by atoms with Crippen LogP contribution in [0.25, 0.3) is 0 Å². The number of amides is 1. The molecule has 0 aliphatic heterocycles. The van der Waals surface area contributed by atoms with Crippen molar-refractivity contribution in [2.75, 3.05) is 12.4 Å². The summed E-state index contributed by atoms with van der Waals surface area (Å²) in [6, 6.07) is 22.2. The van der Waals surface area contributed by atoms with Crippen LogP contribution in [0.4, 0.5) is 5.82 Å². The molecule has 0 saturated heterocycles. The highest BCUT2D eigenvalue weighted by molar-refractivity contribution is 9.10. The molecule has 1 aromatic heterocycles. The summed E-state index contributed by atoms with van der Waals surface area (Å²) >= 11 is 9.40. The van der Waals surface area contributed by atoms with E-state index >= 15 is 0 Å². The number of nitrogens with zero attached hydrogens (tertiary/aromatic N) is 2. The molecule has 0 unspecified atom stereocenters. The number of rotatable bonds is 8. The fourth-order valence-corrected chi connectivity index (χ4v) is 3.65. The Kier molecular flexibility index (Phi) is 7.32. The van der Waals surface area contributed by atoms with Gasteiger partial charge in [0.15, 0.2) is 5.82 Å². The maximum absolute atomic E-state index is 12.7. The predicted molar refractivity (Wildman–Crippen MR) is 132 cm³/mol. The van der Waals surface area contributed by atoms with Crippen molar-refractivity contribution in [3.05, 3.63) is 105 Å². The zero-order chi connectivity index (χ0) is 23.2. The van der Waals surface area contributed by atoms with Crippen molar-refractivity contribution >= 4 is 39.3 Å². The first-order valence-corrected chi connectivity index (χ1v) is 11.3. The maximum atomic E-state index is 12.7. The topological polar surface area (TPSA) is 65.4 Å². The van der Waals surface area contributed by atoms with Crippen LogP contribution in [0.1, 0.15) is 21.5 Å². The van der Waals surface area contributed by atoms with E-state index in [2.05, 4.69) is 26.3 Å². The molecule has 4 rings (SSSR count). The second-order valence-corrected chi connectivity index (χ2v) is 8.56. The molecule has 1 amide bonds. The number of hydrogen-bond acceptors (Lipinski definition) is 4. The zero-order valence-corrected chi connectivity index (χ0v) is 20.1. The lowest BCUT2D eigenvalue weighted by Gasteiger charge is -2.08. The van der Waals surface area contributed by atoms with Crippen LogP contribution in [0.5, 0.6) is 11.5 Å². The van der Waals surface area contributed by atoms with Gasteiger partial charge in [-0.3, -0.25) is 9.48 Å². The number of hydrogen-bond donors (Lipinski definition) is 1. The van der Waals surface area contributed by atoms with Gasteiger partial charge < -0.3 is 14.8 Å². The standard InChI is InChI=1S/C25H21BrClN3O3/c1-32-21-10-12-22(13-11-21)33-16-18-2-6-19(7-3-18)25(31)28-24-23(26)15-30(29-24)14-17-4-8-20(27)9-5-17/h2-13,15H,14,16H2,1H3,(H,28,29,31). The summed E-state index contributed by atoms with van der Waals surface area (Å²) in [5.74, 6) is 1.74. The first-order chi connectivity index (χ1) is 16.0. The Morgan fingerprint density at radius 1 is 0.970 bits per heavy atom. The van der Waals surface area contributed by atoms with E-state index in [1.54, 1.807) is 23.9 Å². The van der Waals surface area contributed by atoms with Crippen LogP contribution in [0.15, 0.2) is 83.5 Å². The lowest BCUT2D eigenvalue weighted by Crippen LogP contribution is -2.13. The number of ether oxygens (including phenoxy) is 2. The van der Waals surface area contributed by atoms with Crippen molar-refractivity contribution in [3.63, 3.8) is 0 Å². The van der Waals surface area contributed by atoms with E-state index in [0.717, 1.165) is 22.6 Å². The summed E-state index contributed by atoms with van der Waals surface area (Å²) in [5.41, 5.74) is 2.54. The molecular formula is C25H21BrClN3O3. The monoisotopic (exact) mass is 525 g/mol. The summed E-state index contributed by atoms with van der Waals surface area (Å²) in [5, 5.41) is 8.00.